The van der Waals surface area contributed by atoms with Crippen molar-refractivity contribution in [1.29, 1.82) is 0 Å². The average Bonchev–Trinajstić information content (AvgIpc) is 3.10. The third-order valence-corrected chi connectivity index (χ3v) is 7.97. The van der Waals surface area contributed by atoms with Crippen molar-refractivity contribution in [3.8, 4) is 0 Å². The Hall–Kier alpha value is -2.59. The van der Waals surface area contributed by atoms with Crippen LogP contribution in [0, 0.1) is 0 Å². The first-order valence-corrected chi connectivity index (χ1v) is 15.1. The predicted octanol–water partition coefficient (Wildman–Crippen LogP) is 6.78. The molecule has 0 unspecified atom stereocenters. The van der Waals surface area contributed by atoms with Gasteiger partial charge in [-0.1, -0.05) is 106 Å². The van der Waals surface area contributed by atoms with E-state index < -0.39 is 26.4 Å². The van der Waals surface area contributed by atoms with Crippen LogP contribution >= 0.6 is 0 Å². The Balaban J connectivity index is 2.00. The fraction of sp³-hybridized carbons (Fsp3) is 0.407. The molecule has 0 radical (unpaired) electrons. The van der Waals surface area contributed by atoms with E-state index in [1.54, 1.807) is 11.1 Å². The van der Waals surface area contributed by atoms with Gasteiger partial charge in [0.25, 0.3) is 0 Å². The van der Waals surface area contributed by atoms with E-state index in [1.165, 1.54) is 0 Å². The maximum atomic E-state index is 13.0. The van der Waals surface area contributed by atoms with Crippen LogP contribution in [0.2, 0.25) is 19.6 Å². The van der Waals surface area contributed by atoms with E-state index in [0.29, 0.717) is 0 Å². The molecule has 0 aromatic heterocycles. The van der Waals surface area contributed by atoms with Gasteiger partial charge in [0, 0.05) is 0 Å². The molecule has 3 rings (SSSR count). The lowest BCUT2D eigenvalue weighted by Crippen LogP contribution is -2.32. The minimum absolute atomic E-state index is 0.293. The molecule has 1 N–H and O–H groups in total. The van der Waals surface area contributed by atoms with Crippen LogP contribution in [0.4, 0.5) is 4.79 Å². The van der Waals surface area contributed by atoms with Gasteiger partial charge in [0.15, 0.2) is 6.10 Å². The summed E-state index contributed by atoms with van der Waals surface area (Å²) in [5.41, 5.74) is 5.32. The van der Waals surface area contributed by atoms with Gasteiger partial charge in [-0.25, -0.2) is 4.79 Å². The van der Waals surface area contributed by atoms with E-state index in [0.717, 1.165) is 42.0 Å². The van der Waals surface area contributed by atoms with E-state index in [9.17, 15) is 9.90 Å². The van der Waals surface area contributed by atoms with Crippen molar-refractivity contribution in [2.75, 3.05) is 0 Å². The Morgan fingerprint density at radius 3 is 2.22 bits per heavy atom. The number of hydrogen-bond donors (Lipinski definition) is 1. The highest BCUT2D eigenvalue weighted by Gasteiger charge is 2.42. The number of carbonyl (C=O) groups is 1. The molecule has 5 heteroatoms. The zero-order valence-corrected chi connectivity index (χ0v) is 20.6. The lowest BCUT2D eigenvalue weighted by molar-refractivity contribution is 0.131. The highest BCUT2D eigenvalue weighted by Crippen LogP contribution is 2.43. The van der Waals surface area contributed by atoms with E-state index in [-0.39, 0.29) is 6.04 Å². The molecule has 2 aromatic rings. The number of carbonyl (C=O) groups excluding carboxylic acids is 1. The lowest BCUT2D eigenvalue weighted by atomic mass is 9.96. The molecular formula is C27H35NO3Si. The fourth-order valence-corrected chi connectivity index (χ4v) is 5.83. The van der Waals surface area contributed by atoms with Gasteiger partial charge in [-0.2, -0.15) is 0 Å². The number of ether oxygens (including phenoxy) is 1. The summed E-state index contributed by atoms with van der Waals surface area (Å²) in [6.07, 6.45) is 4.32. The second-order valence-electron chi connectivity index (χ2n) is 9.43. The number of hydrogen-bond acceptors (Lipinski definition) is 3. The van der Waals surface area contributed by atoms with E-state index in [1.807, 2.05) is 60.7 Å². The molecule has 1 aliphatic heterocycles. The Morgan fingerprint density at radius 1 is 1.06 bits per heavy atom. The Labute approximate surface area is 193 Å². The quantitative estimate of drug-likeness (QED) is 0.261. The van der Waals surface area contributed by atoms with Crippen molar-refractivity contribution in [1.82, 2.24) is 4.90 Å². The number of aliphatic hydroxyl groups is 1. The second kappa shape index (κ2) is 10.8. The van der Waals surface area contributed by atoms with Crippen molar-refractivity contribution in [3.05, 3.63) is 88.9 Å². The highest BCUT2D eigenvalue weighted by molar-refractivity contribution is 6.83. The van der Waals surface area contributed by atoms with Gasteiger partial charge in [-0.05, 0) is 22.7 Å². The maximum Gasteiger partial charge on any atom is 0.415 e. The summed E-state index contributed by atoms with van der Waals surface area (Å²) in [6.45, 7) is 8.77. The predicted molar refractivity (Wildman–Crippen MR) is 132 cm³/mol. The van der Waals surface area contributed by atoms with Gasteiger partial charge in [0.2, 0.25) is 0 Å². The molecule has 0 aliphatic carbocycles. The molecule has 3 atom stereocenters. The third-order valence-electron chi connectivity index (χ3n) is 5.88. The number of rotatable bonds is 9. The van der Waals surface area contributed by atoms with Crippen LogP contribution in [0.25, 0.3) is 0 Å². The molecule has 32 heavy (non-hydrogen) atoms. The first-order valence-electron chi connectivity index (χ1n) is 11.6. The SMILES string of the molecule is CCCCC[C@H](O)C(=C=CN1C(=O)O[C@H](c2ccccc2)[C@@H]1c1ccccc1)[Si](C)(C)C. The van der Waals surface area contributed by atoms with Crippen molar-refractivity contribution in [2.24, 2.45) is 0 Å². The minimum atomic E-state index is -1.84. The molecule has 0 spiro atoms. The number of benzene rings is 2. The molecule has 1 amide bonds. The van der Waals surface area contributed by atoms with Gasteiger partial charge in [-0.3, -0.25) is 4.90 Å². The van der Waals surface area contributed by atoms with Crippen LogP contribution in [0.1, 0.15) is 55.9 Å². The molecule has 1 aliphatic rings. The zero-order valence-electron chi connectivity index (χ0n) is 19.6. The summed E-state index contributed by atoms with van der Waals surface area (Å²) >= 11 is 0. The molecule has 2 aromatic carbocycles. The largest absolute Gasteiger partial charge is 0.438 e. The van der Waals surface area contributed by atoms with Gasteiger partial charge in [-0.15, -0.1) is 5.73 Å². The Bertz CT molecular complexity index is 946. The molecular weight excluding hydrogens is 414 g/mol. The number of aliphatic hydroxyl groups excluding tert-OH is 1. The normalized spacial score (nSPS) is 19.3. The molecule has 1 fully saturated rings. The average molecular weight is 450 g/mol. The standard InChI is InChI=1S/C27H35NO3Si/c1-5-6-9-18-23(29)24(32(2,3)4)19-20-28-25(21-14-10-7-11-15-21)26(31-27(28)30)22-16-12-8-13-17-22/h7-8,10-17,20,23,25-26,29H,5-6,9,18H2,1-4H3/t19?,23-,25-,26+/m0/s1. The Morgan fingerprint density at radius 2 is 1.66 bits per heavy atom. The molecule has 4 nitrogen and oxygen atoms in total. The molecule has 1 heterocycles. The van der Waals surface area contributed by atoms with Crippen LogP contribution < -0.4 is 0 Å². The Kier molecular flexibility index (Phi) is 8.13. The van der Waals surface area contributed by atoms with Crippen LogP contribution in [0.15, 0.2) is 77.8 Å². The molecule has 0 bridgehead atoms. The minimum Gasteiger partial charge on any atom is -0.438 e. The smallest absolute Gasteiger partial charge is 0.415 e. The van der Waals surface area contributed by atoms with Crippen molar-refractivity contribution in [3.63, 3.8) is 0 Å². The highest BCUT2D eigenvalue weighted by atomic mass is 28.3. The van der Waals surface area contributed by atoms with Gasteiger partial charge in [0.05, 0.1) is 20.4 Å². The molecule has 0 saturated carbocycles. The number of amides is 1. The zero-order chi connectivity index (χ0) is 23.1. The molecule has 170 valence electrons. The van der Waals surface area contributed by atoms with Crippen LogP contribution in [-0.2, 0) is 4.74 Å². The monoisotopic (exact) mass is 449 g/mol. The number of cyclic esters (lactones) is 1. The molecule has 1 saturated heterocycles. The topological polar surface area (TPSA) is 49.8 Å². The van der Waals surface area contributed by atoms with Gasteiger partial charge >= 0.3 is 6.09 Å². The summed E-state index contributed by atoms with van der Waals surface area (Å²) in [5.74, 6) is 0. The van der Waals surface area contributed by atoms with E-state index in [4.69, 9.17) is 4.74 Å². The first-order chi connectivity index (χ1) is 15.3. The summed E-state index contributed by atoms with van der Waals surface area (Å²) in [7, 11) is -1.84. The van der Waals surface area contributed by atoms with Crippen LogP contribution in [-0.4, -0.2) is 30.3 Å². The number of nitrogens with zero attached hydrogens (tertiary/aromatic N) is 1. The van der Waals surface area contributed by atoms with Gasteiger partial charge < -0.3 is 9.84 Å². The van der Waals surface area contributed by atoms with E-state index >= 15 is 0 Å². The second-order valence-corrected chi connectivity index (χ2v) is 14.5. The maximum absolute atomic E-state index is 13.0. The summed E-state index contributed by atoms with van der Waals surface area (Å²) in [6, 6.07) is 19.5. The summed E-state index contributed by atoms with van der Waals surface area (Å²) < 4.78 is 5.84. The van der Waals surface area contributed by atoms with E-state index in [2.05, 4.69) is 32.3 Å². The third kappa shape index (κ3) is 5.80. The van der Waals surface area contributed by atoms with Crippen LogP contribution in [0.5, 0.6) is 0 Å². The number of unbranched alkanes of at least 4 members (excludes halogenated alkanes) is 2. The van der Waals surface area contributed by atoms with Crippen molar-refractivity contribution in [2.45, 2.75) is 70.5 Å². The van der Waals surface area contributed by atoms with Gasteiger partial charge in [0.1, 0.15) is 6.04 Å². The first kappa shape index (κ1) is 24.1. The lowest BCUT2D eigenvalue weighted by Gasteiger charge is -2.25. The van der Waals surface area contributed by atoms with Crippen LogP contribution in [0.3, 0.4) is 0 Å². The van der Waals surface area contributed by atoms with Crippen molar-refractivity contribution >= 4 is 14.2 Å². The summed E-state index contributed by atoms with van der Waals surface area (Å²) in [4.78, 5) is 14.6. The summed E-state index contributed by atoms with van der Waals surface area (Å²) in [5, 5.41) is 11.8. The van der Waals surface area contributed by atoms with Crippen molar-refractivity contribution < 1.29 is 14.6 Å². The fourth-order valence-electron chi connectivity index (χ4n) is 4.19.